The smallest absolute Gasteiger partial charge is 0.328 e. The number of hydrogen-bond acceptors (Lipinski definition) is 3. The van der Waals surface area contributed by atoms with Gasteiger partial charge in [-0.05, 0) is 29.7 Å². The Morgan fingerprint density at radius 3 is 2.35 bits per heavy atom. The Bertz CT molecular complexity index is 492. The first-order valence-corrected chi connectivity index (χ1v) is 6.43. The van der Waals surface area contributed by atoms with Gasteiger partial charge in [0, 0.05) is 18.3 Å². The number of benzene rings is 1. The van der Waals surface area contributed by atoms with E-state index < -0.39 is 5.97 Å². The number of nitrogens with two attached hydrogens (primary N) is 1. The zero-order valence-electron chi connectivity index (χ0n) is 11.7. The van der Waals surface area contributed by atoms with Gasteiger partial charge in [-0.25, -0.2) is 4.79 Å². The molecule has 0 saturated carbocycles. The molecule has 0 fully saturated rings. The highest BCUT2D eigenvalue weighted by atomic mass is 16.4. The predicted octanol–water partition coefficient (Wildman–Crippen LogP) is 1.73. The van der Waals surface area contributed by atoms with E-state index in [4.69, 9.17) is 10.8 Å². The molecule has 0 aliphatic heterocycles. The van der Waals surface area contributed by atoms with Crippen LogP contribution in [-0.4, -0.2) is 30.1 Å². The molecular formula is C15H20N2O3. The zero-order chi connectivity index (χ0) is 15.1. The van der Waals surface area contributed by atoms with Crippen LogP contribution in [0.2, 0.25) is 0 Å². The second kappa shape index (κ2) is 7.33. The number of rotatable bonds is 7. The Morgan fingerprint density at radius 2 is 1.90 bits per heavy atom. The SMILES string of the molecule is CC(C)CN(CC(N)=O)c1ccc(C=CC(=O)O)cc1. The maximum Gasteiger partial charge on any atom is 0.328 e. The molecule has 0 atom stereocenters. The fourth-order valence-electron chi connectivity index (χ4n) is 1.85. The Kier molecular flexibility index (Phi) is 5.77. The van der Waals surface area contributed by atoms with E-state index in [0.29, 0.717) is 5.92 Å². The fourth-order valence-corrected chi connectivity index (χ4v) is 1.85. The molecule has 1 rings (SSSR count). The average molecular weight is 276 g/mol. The molecule has 0 aromatic heterocycles. The highest BCUT2D eigenvalue weighted by Gasteiger charge is 2.11. The third-order valence-electron chi connectivity index (χ3n) is 2.61. The Labute approximate surface area is 118 Å². The van der Waals surface area contributed by atoms with Crippen LogP contribution in [0.25, 0.3) is 6.08 Å². The van der Waals surface area contributed by atoms with Crippen LogP contribution in [-0.2, 0) is 9.59 Å². The van der Waals surface area contributed by atoms with Gasteiger partial charge in [0.05, 0.1) is 6.54 Å². The topological polar surface area (TPSA) is 83.6 Å². The van der Waals surface area contributed by atoms with E-state index in [-0.39, 0.29) is 12.5 Å². The van der Waals surface area contributed by atoms with Gasteiger partial charge in [-0.1, -0.05) is 26.0 Å². The Hall–Kier alpha value is -2.30. The van der Waals surface area contributed by atoms with Crippen molar-refractivity contribution < 1.29 is 14.7 Å². The summed E-state index contributed by atoms with van der Waals surface area (Å²) < 4.78 is 0. The molecule has 108 valence electrons. The van der Waals surface area contributed by atoms with Gasteiger partial charge in [0.15, 0.2) is 0 Å². The summed E-state index contributed by atoms with van der Waals surface area (Å²) in [4.78, 5) is 23.5. The van der Waals surface area contributed by atoms with Crippen LogP contribution in [0.1, 0.15) is 19.4 Å². The maximum absolute atomic E-state index is 11.1. The van der Waals surface area contributed by atoms with Crippen LogP contribution < -0.4 is 10.6 Å². The van der Waals surface area contributed by atoms with E-state index in [1.165, 1.54) is 6.08 Å². The molecule has 0 aliphatic rings. The Balaban J connectivity index is 2.86. The number of anilines is 1. The molecule has 5 nitrogen and oxygen atoms in total. The van der Waals surface area contributed by atoms with Crippen LogP contribution in [0.15, 0.2) is 30.3 Å². The molecule has 0 aliphatic carbocycles. The molecule has 0 saturated heterocycles. The standard InChI is InChI=1S/C15H20N2O3/c1-11(2)9-17(10-14(16)18)13-6-3-12(4-7-13)5-8-15(19)20/h3-8,11H,9-10H2,1-2H3,(H2,16,18)(H,19,20). The molecule has 1 aromatic rings. The van der Waals surface area contributed by atoms with Crippen LogP contribution >= 0.6 is 0 Å². The molecular weight excluding hydrogens is 256 g/mol. The van der Waals surface area contributed by atoms with Crippen molar-refractivity contribution in [1.82, 2.24) is 0 Å². The van der Waals surface area contributed by atoms with Gasteiger partial charge in [-0.2, -0.15) is 0 Å². The van der Waals surface area contributed by atoms with Gasteiger partial charge < -0.3 is 15.7 Å². The van der Waals surface area contributed by atoms with Gasteiger partial charge in [0.25, 0.3) is 0 Å². The minimum Gasteiger partial charge on any atom is -0.478 e. The highest BCUT2D eigenvalue weighted by Crippen LogP contribution is 2.17. The van der Waals surface area contributed by atoms with Crippen molar-refractivity contribution in [2.45, 2.75) is 13.8 Å². The minimum atomic E-state index is -0.982. The summed E-state index contributed by atoms with van der Waals surface area (Å²) in [7, 11) is 0. The summed E-state index contributed by atoms with van der Waals surface area (Å²) in [5.74, 6) is -0.953. The molecule has 3 N–H and O–H groups in total. The second-order valence-electron chi connectivity index (χ2n) is 5.00. The number of carbonyl (C=O) groups is 2. The Morgan fingerprint density at radius 1 is 1.30 bits per heavy atom. The van der Waals surface area contributed by atoms with Crippen LogP contribution in [0.5, 0.6) is 0 Å². The van der Waals surface area contributed by atoms with Crippen LogP contribution in [0.3, 0.4) is 0 Å². The van der Waals surface area contributed by atoms with Gasteiger partial charge in [-0.3, -0.25) is 4.79 Å². The number of aliphatic carboxylic acids is 1. The van der Waals surface area contributed by atoms with Gasteiger partial charge in [0.2, 0.25) is 5.91 Å². The number of hydrogen-bond donors (Lipinski definition) is 2. The molecule has 0 bridgehead atoms. The number of carboxylic acid groups (broad SMARTS) is 1. The first kappa shape index (κ1) is 15.8. The van der Waals surface area contributed by atoms with Crippen molar-refractivity contribution >= 4 is 23.6 Å². The van der Waals surface area contributed by atoms with Crippen molar-refractivity contribution in [3.8, 4) is 0 Å². The normalized spacial score (nSPS) is 10.9. The largest absolute Gasteiger partial charge is 0.478 e. The number of carboxylic acids is 1. The van der Waals surface area contributed by atoms with Crippen LogP contribution in [0.4, 0.5) is 5.69 Å². The molecule has 0 radical (unpaired) electrons. The van der Waals surface area contributed by atoms with Gasteiger partial charge in [-0.15, -0.1) is 0 Å². The summed E-state index contributed by atoms with van der Waals surface area (Å²) in [6.45, 7) is 5.03. The maximum atomic E-state index is 11.1. The van der Waals surface area contributed by atoms with Gasteiger partial charge >= 0.3 is 5.97 Å². The first-order chi connectivity index (χ1) is 9.38. The summed E-state index contributed by atoms with van der Waals surface area (Å²) in [5, 5.41) is 8.57. The lowest BCUT2D eigenvalue weighted by Crippen LogP contribution is -2.36. The van der Waals surface area contributed by atoms with E-state index in [2.05, 4.69) is 13.8 Å². The third-order valence-corrected chi connectivity index (χ3v) is 2.61. The molecule has 0 unspecified atom stereocenters. The fraction of sp³-hybridized carbons (Fsp3) is 0.333. The quantitative estimate of drug-likeness (QED) is 0.743. The van der Waals surface area contributed by atoms with E-state index >= 15 is 0 Å². The van der Waals surface area contributed by atoms with Gasteiger partial charge in [0.1, 0.15) is 0 Å². The lowest BCUT2D eigenvalue weighted by atomic mass is 10.1. The highest BCUT2D eigenvalue weighted by molar-refractivity contribution is 5.85. The minimum absolute atomic E-state index is 0.169. The monoisotopic (exact) mass is 276 g/mol. The number of amides is 1. The summed E-state index contributed by atoms with van der Waals surface area (Å²) in [5.41, 5.74) is 6.95. The first-order valence-electron chi connectivity index (χ1n) is 6.43. The molecule has 1 amide bonds. The average Bonchev–Trinajstić information content (AvgIpc) is 2.35. The zero-order valence-corrected chi connectivity index (χ0v) is 11.7. The van der Waals surface area contributed by atoms with Crippen molar-refractivity contribution in [3.63, 3.8) is 0 Å². The van der Waals surface area contributed by atoms with Crippen molar-refractivity contribution in [1.29, 1.82) is 0 Å². The lowest BCUT2D eigenvalue weighted by Gasteiger charge is -2.25. The molecule has 1 aromatic carbocycles. The number of primary amides is 1. The summed E-state index contributed by atoms with van der Waals surface area (Å²) in [6, 6.07) is 7.33. The molecule has 0 heterocycles. The summed E-state index contributed by atoms with van der Waals surface area (Å²) in [6.07, 6.45) is 2.61. The predicted molar refractivity (Wildman–Crippen MR) is 79.4 cm³/mol. The molecule has 20 heavy (non-hydrogen) atoms. The summed E-state index contributed by atoms with van der Waals surface area (Å²) >= 11 is 0. The van der Waals surface area contributed by atoms with E-state index in [0.717, 1.165) is 23.9 Å². The number of carbonyl (C=O) groups excluding carboxylic acids is 1. The second-order valence-corrected chi connectivity index (χ2v) is 5.00. The van der Waals surface area contributed by atoms with E-state index in [1.807, 2.05) is 29.2 Å². The molecule has 5 heteroatoms. The van der Waals surface area contributed by atoms with Crippen LogP contribution in [0, 0.1) is 5.92 Å². The van der Waals surface area contributed by atoms with Crippen molar-refractivity contribution in [2.75, 3.05) is 18.0 Å². The molecule has 0 spiro atoms. The van der Waals surface area contributed by atoms with E-state index in [9.17, 15) is 9.59 Å². The number of nitrogens with zero attached hydrogens (tertiary/aromatic N) is 1. The van der Waals surface area contributed by atoms with E-state index in [1.54, 1.807) is 0 Å². The lowest BCUT2D eigenvalue weighted by molar-refractivity contribution is -0.131. The third kappa shape index (κ3) is 5.56. The van der Waals surface area contributed by atoms with Crippen molar-refractivity contribution in [3.05, 3.63) is 35.9 Å². The van der Waals surface area contributed by atoms with Crippen molar-refractivity contribution in [2.24, 2.45) is 11.7 Å².